The van der Waals surface area contributed by atoms with Crippen molar-refractivity contribution in [2.45, 2.75) is 38.5 Å². The third kappa shape index (κ3) is 4.20. The summed E-state index contributed by atoms with van der Waals surface area (Å²) in [5.74, 6) is 0.848. The Kier molecular flexibility index (Phi) is 5.45. The standard InChI is InChI=1S/C25H27N3O3/c29-25(27-12-2-1-3-13-27)20-8-11-23-24(17-20)31-15-14-28(23)21-9-4-18(5-10-21)16-22(26-30)19-6-7-19/h4-5,8-11,17H,1-3,6-7,12-16H2. The fourth-order valence-electron chi connectivity index (χ4n) is 4.46. The molecule has 0 atom stereocenters. The van der Waals surface area contributed by atoms with Gasteiger partial charge in [-0.3, -0.25) is 4.79 Å². The average molecular weight is 418 g/mol. The highest BCUT2D eigenvalue weighted by molar-refractivity contribution is 5.95. The Morgan fingerprint density at radius 1 is 0.968 bits per heavy atom. The lowest BCUT2D eigenvalue weighted by Crippen LogP contribution is -2.35. The van der Waals surface area contributed by atoms with E-state index in [-0.39, 0.29) is 5.91 Å². The maximum absolute atomic E-state index is 12.9. The van der Waals surface area contributed by atoms with Gasteiger partial charge in [0.2, 0.25) is 0 Å². The van der Waals surface area contributed by atoms with Crippen molar-refractivity contribution < 1.29 is 9.53 Å². The molecule has 5 rings (SSSR count). The van der Waals surface area contributed by atoms with Gasteiger partial charge in [0.1, 0.15) is 12.4 Å². The molecule has 2 heterocycles. The Labute approximate surface area is 182 Å². The number of benzene rings is 2. The third-order valence-electron chi connectivity index (χ3n) is 6.35. The minimum atomic E-state index is 0.0944. The van der Waals surface area contributed by atoms with Crippen LogP contribution in [0.25, 0.3) is 0 Å². The van der Waals surface area contributed by atoms with Crippen LogP contribution in [0.1, 0.15) is 48.0 Å². The van der Waals surface area contributed by atoms with Crippen LogP contribution < -0.4 is 9.64 Å². The SMILES string of the molecule is O=NC(Cc1ccc(N2CCOc3cc(C(=O)N4CCCCC4)ccc32)cc1)=C1CC1. The van der Waals surface area contributed by atoms with Crippen molar-refractivity contribution in [3.05, 3.63) is 69.8 Å². The highest BCUT2D eigenvalue weighted by Crippen LogP contribution is 2.38. The van der Waals surface area contributed by atoms with Crippen LogP contribution in [0.5, 0.6) is 5.75 Å². The van der Waals surface area contributed by atoms with Crippen LogP contribution in [-0.4, -0.2) is 37.0 Å². The number of amides is 1. The Morgan fingerprint density at radius 2 is 1.74 bits per heavy atom. The largest absolute Gasteiger partial charge is 0.490 e. The van der Waals surface area contributed by atoms with Crippen LogP contribution in [0, 0.1) is 4.91 Å². The van der Waals surface area contributed by atoms with Crippen LogP contribution in [0.2, 0.25) is 0 Å². The Morgan fingerprint density at radius 3 is 2.45 bits per heavy atom. The number of hydrogen-bond acceptors (Lipinski definition) is 5. The van der Waals surface area contributed by atoms with Gasteiger partial charge in [0.15, 0.2) is 0 Å². The molecule has 1 saturated carbocycles. The number of nitroso groups, excluding NO2 is 1. The average Bonchev–Trinajstić information content (AvgIpc) is 3.68. The van der Waals surface area contributed by atoms with Gasteiger partial charge in [-0.25, -0.2) is 0 Å². The van der Waals surface area contributed by atoms with Gasteiger partial charge >= 0.3 is 0 Å². The van der Waals surface area contributed by atoms with Crippen molar-refractivity contribution in [1.82, 2.24) is 4.90 Å². The second-order valence-corrected chi connectivity index (χ2v) is 8.52. The Hall–Kier alpha value is -3.15. The van der Waals surface area contributed by atoms with Crippen molar-refractivity contribution in [3.63, 3.8) is 0 Å². The molecule has 6 heteroatoms. The number of carbonyl (C=O) groups excluding carboxylic acids is 1. The Balaban J connectivity index is 1.34. The fraction of sp³-hybridized carbons (Fsp3) is 0.400. The molecule has 2 fully saturated rings. The predicted octanol–water partition coefficient (Wildman–Crippen LogP) is 5.20. The van der Waals surface area contributed by atoms with Gasteiger partial charge in [0.25, 0.3) is 5.91 Å². The number of piperidine rings is 1. The molecular weight excluding hydrogens is 390 g/mol. The summed E-state index contributed by atoms with van der Waals surface area (Å²) >= 11 is 0. The molecule has 0 radical (unpaired) electrons. The summed E-state index contributed by atoms with van der Waals surface area (Å²) in [6.07, 6.45) is 5.98. The molecule has 0 spiro atoms. The second kappa shape index (κ2) is 8.53. The molecule has 0 bridgehead atoms. The van der Waals surface area contributed by atoms with Crippen LogP contribution >= 0.6 is 0 Å². The smallest absolute Gasteiger partial charge is 0.253 e. The van der Waals surface area contributed by atoms with Gasteiger partial charge in [-0.1, -0.05) is 12.1 Å². The summed E-state index contributed by atoms with van der Waals surface area (Å²) in [5.41, 5.74) is 5.72. The maximum Gasteiger partial charge on any atom is 0.253 e. The molecule has 1 saturated heterocycles. The molecule has 1 aliphatic carbocycles. The summed E-state index contributed by atoms with van der Waals surface area (Å²) in [6.45, 7) is 3.00. The molecule has 0 aromatic heterocycles. The predicted molar refractivity (Wildman–Crippen MR) is 121 cm³/mol. The summed E-state index contributed by atoms with van der Waals surface area (Å²) in [6, 6.07) is 14.1. The zero-order chi connectivity index (χ0) is 21.2. The molecule has 2 aliphatic heterocycles. The van der Waals surface area contributed by atoms with E-state index in [9.17, 15) is 9.70 Å². The summed E-state index contributed by atoms with van der Waals surface area (Å²) in [5, 5.41) is 3.22. The Bertz CT molecular complexity index is 1020. The van der Waals surface area contributed by atoms with Gasteiger partial charge in [-0.15, -0.1) is 4.91 Å². The molecule has 0 N–H and O–H groups in total. The lowest BCUT2D eigenvalue weighted by molar-refractivity contribution is 0.0724. The van der Waals surface area contributed by atoms with E-state index in [1.165, 1.54) is 12.0 Å². The van der Waals surface area contributed by atoms with Crippen molar-refractivity contribution in [2.75, 3.05) is 31.1 Å². The van der Waals surface area contributed by atoms with Crippen molar-refractivity contribution in [3.8, 4) is 5.75 Å². The fourth-order valence-corrected chi connectivity index (χ4v) is 4.46. The molecule has 0 unspecified atom stereocenters. The number of rotatable bonds is 5. The van der Waals surface area contributed by atoms with Gasteiger partial charge in [-0.2, -0.15) is 0 Å². The quantitative estimate of drug-likeness (QED) is 0.628. The van der Waals surface area contributed by atoms with Crippen LogP contribution in [0.4, 0.5) is 11.4 Å². The zero-order valence-corrected chi connectivity index (χ0v) is 17.7. The van der Waals surface area contributed by atoms with Crippen molar-refractivity contribution in [1.29, 1.82) is 0 Å². The van der Waals surface area contributed by atoms with E-state index < -0.39 is 0 Å². The number of anilines is 2. The summed E-state index contributed by atoms with van der Waals surface area (Å²) < 4.78 is 5.91. The first-order valence-electron chi connectivity index (χ1n) is 11.2. The molecule has 6 nitrogen and oxygen atoms in total. The van der Waals surface area contributed by atoms with Crippen LogP contribution in [-0.2, 0) is 6.42 Å². The number of ether oxygens (including phenoxy) is 1. The van der Waals surface area contributed by atoms with Crippen molar-refractivity contribution >= 4 is 17.3 Å². The monoisotopic (exact) mass is 417 g/mol. The van der Waals surface area contributed by atoms with Gasteiger partial charge in [-0.05, 0) is 78.7 Å². The molecule has 2 aromatic rings. The van der Waals surface area contributed by atoms with Gasteiger partial charge in [0, 0.05) is 30.8 Å². The number of likely N-dealkylation sites (tertiary alicyclic amines) is 1. The van der Waals surface area contributed by atoms with Crippen LogP contribution in [0.15, 0.2) is 58.9 Å². The van der Waals surface area contributed by atoms with E-state index in [0.717, 1.165) is 68.0 Å². The molecular formula is C25H27N3O3. The topological polar surface area (TPSA) is 62.2 Å². The molecule has 1 amide bonds. The van der Waals surface area contributed by atoms with E-state index in [0.29, 0.717) is 24.3 Å². The number of hydrogen-bond donors (Lipinski definition) is 0. The summed E-state index contributed by atoms with van der Waals surface area (Å²) in [4.78, 5) is 28.1. The first-order chi connectivity index (χ1) is 15.2. The minimum absolute atomic E-state index is 0.0944. The molecule has 160 valence electrons. The zero-order valence-electron chi connectivity index (χ0n) is 17.7. The summed E-state index contributed by atoms with van der Waals surface area (Å²) in [7, 11) is 0. The second-order valence-electron chi connectivity index (χ2n) is 8.52. The van der Waals surface area contributed by atoms with E-state index in [4.69, 9.17) is 4.74 Å². The van der Waals surface area contributed by atoms with Crippen LogP contribution in [0.3, 0.4) is 0 Å². The van der Waals surface area contributed by atoms with Gasteiger partial charge < -0.3 is 14.5 Å². The van der Waals surface area contributed by atoms with Gasteiger partial charge in [0.05, 0.1) is 17.9 Å². The van der Waals surface area contributed by atoms with E-state index in [2.05, 4.69) is 34.3 Å². The van der Waals surface area contributed by atoms with E-state index >= 15 is 0 Å². The first-order valence-corrected chi connectivity index (χ1v) is 11.2. The molecule has 3 aliphatic rings. The number of allylic oxidation sites excluding steroid dienone is 2. The molecule has 2 aromatic carbocycles. The first kappa shape index (κ1) is 19.8. The molecule has 31 heavy (non-hydrogen) atoms. The lowest BCUT2D eigenvalue weighted by Gasteiger charge is -2.32. The van der Waals surface area contributed by atoms with E-state index in [1.807, 2.05) is 23.1 Å². The van der Waals surface area contributed by atoms with Crippen molar-refractivity contribution in [2.24, 2.45) is 5.18 Å². The normalized spacial score (nSPS) is 17.6. The number of carbonyl (C=O) groups is 1. The lowest BCUT2D eigenvalue weighted by atomic mass is 10.1. The van der Waals surface area contributed by atoms with E-state index in [1.54, 1.807) is 0 Å². The number of nitrogens with zero attached hydrogens (tertiary/aromatic N) is 3. The highest BCUT2D eigenvalue weighted by Gasteiger charge is 2.24. The minimum Gasteiger partial charge on any atom is -0.490 e. The number of fused-ring (bicyclic) bond motifs is 1. The highest BCUT2D eigenvalue weighted by atomic mass is 16.5. The maximum atomic E-state index is 12.9. The third-order valence-corrected chi connectivity index (χ3v) is 6.35.